The molecule has 0 bridgehead atoms. The summed E-state index contributed by atoms with van der Waals surface area (Å²) in [7, 11) is 0. The highest BCUT2D eigenvalue weighted by atomic mass is 16.6. The van der Waals surface area contributed by atoms with Gasteiger partial charge in [-0.2, -0.15) is 0 Å². The van der Waals surface area contributed by atoms with E-state index in [2.05, 4.69) is 4.98 Å². The molecule has 0 saturated heterocycles. The molecule has 6 heteroatoms. The zero-order chi connectivity index (χ0) is 13.8. The van der Waals surface area contributed by atoms with E-state index in [1.54, 1.807) is 37.3 Å². The molecule has 19 heavy (non-hydrogen) atoms. The van der Waals surface area contributed by atoms with Gasteiger partial charge < -0.3 is 9.84 Å². The number of hydrogen-bond acceptors (Lipinski definition) is 5. The SMILES string of the molecule is Cc1ccc([N+](=O)[O-])c(Oc2cccc(CO)c2)n1. The third-order valence-electron chi connectivity index (χ3n) is 2.47. The van der Waals surface area contributed by atoms with Crippen molar-refractivity contribution < 1.29 is 14.8 Å². The van der Waals surface area contributed by atoms with Crippen LogP contribution in [0.3, 0.4) is 0 Å². The molecule has 1 heterocycles. The maximum atomic E-state index is 10.9. The second kappa shape index (κ2) is 5.45. The number of aryl methyl sites for hydroxylation is 1. The number of pyridine rings is 1. The van der Waals surface area contributed by atoms with Crippen molar-refractivity contribution >= 4 is 5.69 Å². The highest BCUT2D eigenvalue weighted by molar-refractivity contribution is 5.44. The van der Waals surface area contributed by atoms with Crippen molar-refractivity contribution in [1.82, 2.24) is 4.98 Å². The lowest BCUT2D eigenvalue weighted by Gasteiger charge is -2.07. The molecule has 0 fully saturated rings. The number of nitro groups is 1. The van der Waals surface area contributed by atoms with Gasteiger partial charge in [0.05, 0.1) is 11.5 Å². The summed E-state index contributed by atoms with van der Waals surface area (Å²) in [5.41, 5.74) is 1.09. The summed E-state index contributed by atoms with van der Waals surface area (Å²) < 4.78 is 5.43. The van der Waals surface area contributed by atoms with Gasteiger partial charge in [-0.05, 0) is 30.7 Å². The summed E-state index contributed by atoms with van der Waals surface area (Å²) in [6.07, 6.45) is 0. The van der Waals surface area contributed by atoms with Crippen molar-refractivity contribution in [2.75, 3.05) is 0 Å². The van der Waals surface area contributed by atoms with E-state index in [9.17, 15) is 10.1 Å². The Morgan fingerprint density at radius 1 is 1.37 bits per heavy atom. The average Bonchev–Trinajstić information content (AvgIpc) is 2.38. The third kappa shape index (κ3) is 3.05. The summed E-state index contributed by atoms with van der Waals surface area (Å²) >= 11 is 0. The molecule has 0 saturated carbocycles. The van der Waals surface area contributed by atoms with E-state index in [0.29, 0.717) is 17.0 Å². The van der Waals surface area contributed by atoms with Crippen LogP contribution in [0.5, 0.6) is 11.6 Å². The van der Waals surface area contributed by atoms with Crippen LogP contribution in [0.4, 0.5) is 5.69 Å². The lowest BCUT2D eigenvalue weighted by molar-refractivity contribution is -0.386. The fourth-order valence-corrected chi connectivity index (χ4v) is 1.56. The molecule has 2 aromatic rings. The monoisotopic (exact) mass is 260 g/mol. The van der Waals surface area contributed by atoms with Gasteiger partial charge in [0.2, 0.25) is 0 Å². The van der Waals surface area contributed by atoms with Gasteiger partial charge in [0, 0.05) is 11.8 Å². The smallest absolute Gasteiger partial charge is 0.331 e. The Balaban J connectivity index is 2.36. The average molecular weight is 260 g/mol. The largest absolute Gasteiger partial charge is 0.434 e. The Morgan fingerprint density at radius 3 is 2.84 bits per heavy atom. The van der Waals surface area contributed by atoms with Crippen molar-refractivity contribution in [3.8, 4) is 11.6 Å². The number of hydrogen-bond donors (Lipinski definition) is 1. The van der Waals surface area contributed by atoms with Crippen molar-refractivity contribution in [3.05, 3.63) is 57.8 Å². The predicted octanol–water partition coefficient (Wildman–Crippen LogP) is 2.58. The van der Waals surface area contributed by atoms with E-state index in [4.69, 9.17) is 9.84 Å². The van der Waals surface area contributed by atoms with Crippen molar-refractivity contribution in [2.45, 2.75) is 13.5 Å². The number of aromatic nitrogens is 1. The van der Waals surface area contributed by atoms with Crippen LogP contribution in [0.2, 0.25) is 0 Å². The topological polar surface area (TPSA) is 85.5 Å². The van der Waals surface area contributed by atoms with Crippen LogP contribution >= 0.6 is 0 Å². The second-order valence-corrected chi connectivity index (χ2v) is 3.94. The summed E-state index contributed by atoms with van der Waals surface area (Å²) in [6.45, 7) is 1.60. The molecule has 0 aliphatic heterocycles. The summed E-state index contributed by atoms with van der Waals surface area (Å²) in [5, 5.41) is 19.9. The molecule has 98 valence electrons. The molecular formula is C13H12N2O4. The van der Waals surface area contributed by atoms with E-state index in [-0.39, 0.29) is 18.2 Å². The Morgan fingerprint density at radius 2 is 2.16 bits per heavy atom. The van der Waals surface area contributed by atoms with E-state index >= 15 is 0 Å². The lowest BCUT2D eigenvalue weighted by Crippen LogP contribution is -1.97. The van der Waals surface area contributed by atoms with Crippen molar-refractivity contribution in [2.24, 2.45) is 0 Å². The first-order valence-electron chi connectivity index (χ1n) is 5.60. The van der Waals surface area contributed by atoms with Crippen LogP contribution in [0, 0.1) is 17.0 Å². The first-order valence-corrected chi connectivity index (χ1v) is 5.60. The van der Waals surface area contributed by atoms with Gasteiger partial charge in [0.15, 0.2) is 0 Å². The maximum absolute atomic E-state index is 10.9. The number of aliphatic hydroxyl groups excluding tert-OH is 1. The molecule has 0 radical (unpaired) electrons. The van der Waals surface area contributed by atoms with Gasteiger partial charge >= 0.3 is 5.69 Å². The highest BCUT2D eigenvalue weighted by Gasteiger charge is 2.17. The number of aliphatic hydroxyl groups is 1. The number of ether oxygens (including phenoxy) is 1. The first kappa shape index (κ1) is 13.0. The molecule has 0 unspecified atom stereocenters. The fourth-order valence-electron chi connectivity index (χ4n) is 1.56. The minimum atomic E-state index is -0.544. The zero-order valence-electron chi connectivity index (χ0n) is 10.2. The van der Waals surface area contributed by atoms with Crippen molar-refractivity contribution in [3.63, 3.8) is 0 Å². The Hall–Kier alpha value is -2.47. The lowest BCUT2D eigenvalue weighted by atomic mass is 10.2. The van der Waals surface area contributed by atoms with Crippen LogP contribution in [0.25, 0.3) is 0 Å². The Bertz CT molecular complexity index is 613. The molecule has 0 amide bonds. The second-order valence-electron chi connectivity index (χ2n) is 3.94. The van der Waals surface area contributed by atoms with Crippen LogP contribution in [0.15, 0.2) is 36.4 Å². The van der Waals surface area contributed by atoms with Crippen LogP contribution in [-0.2, 0) is 6.61 Å². The summed E-state index contributed by atoms with van der Waals surface area (Å²) in [4.78, 5) is 14.4. The predicted molar refractivity (Wildman–Crippen MR) is 68.1 cm³/mol. The molecule has 0 aliphatic carbocycles. The van der Waals surface area contributed by atoms with Crippen LogP contribution < -0.4 is 4.74 Å². The molecule has 2 rings (SSSR count). The maximum Gasteiger partial charge on any atom is 0.331 e. The third-order valence-corrected chi connectivity index (χ3v) is 2.47. The quantitative estimate of drug-likeness (QED) is 0.674. The van der Waals surface area contributed by atoms with Gasteiger partial charge in [-0.15, -0.1) is 0 Å². The molecule has 1 aromatic heterocycles. The van der Waals surface area contributed by atoms with Gasteiger partial charge in [-0.25, -0.2) is 4.98 Å². The summed E-state index contributed by atoms with van der Waals surface area (Å²) in [5.74, 6) is 0.341. The Labute approximate surface area is 109 Å². The van der Waals surface area contributed by atoms with Gasteiger partial charge in [0.25, 0.3) is 5.88 Å². The van der Waals surface area contributed by atoms with Gasteiger partial charge in [0.1, 0.15) is 5.75 Å². The fraction of sp³-hybridized carbons (Fsp3) is 0.154. The minimum absolute atomic E-state index is 0.0555. The standard InChI is InChI=1S/C13H12N2O4/c1-9-5-6-12(15(17)18)13(14-9)19-11-4-2-3-10(7-11)8-16/h2-7,16H,8H2,1H3. The Kier molecular flexibility index (Phi) is 3.72. The molecule has 1 N–H and O–H groups in total. The zero-order valence-corrected chi connectivity index (χ0v) is 10.2. The number of nitrogens with zero attached hydrogens (tertiary/aromatic N) is 2. The first-order chi connectivity index (χ1) is 9.10. The van der Waals surface area contributed by atoms with E-state index in [1.165, 1.54) is 6.07 Å². The molecule has 6 nitrogen and oxygen atoms in total. The van der Waals surface area contributed by atoms with Gasteiger partial charge in [-0.3, -0.25) is 10.1 Å². The highest BCUT2D eigenvalue weighted by Crippen LogP contribution is 2.29. The van der Waals surface area contributed by atoms with Crippen molar-refractivity contribution in [1.29, 1.82) is 0 Å². The van der Waals surface area contributed by atoms with E-state index in [1.807, 2.05) is 0 Å². The van der Waals surface area contributed by atoms with Crippen LogP contribution in [-0.4, -0.2) is 15.0 Å². The van der Waals surface area contributed by atoms with E-state index < -0.39 is 4.92 Å². The van der Waals surface area contributed by atoms with E-state index in [0.717, 1.165) is 0 Å². The molecule has 1 aromatic carbocycles. The molecule has 0 spiro atoms. The normalized spacial score (nSPS) is 10.2. The van der Waals surface area contributed by atoms with Gasteiger partial charge in [-0.1, -0.05) is 12.1 Å². The summed E-state index contributed by atoms with van der Waals surface area (Å²) in [6, 6.07) is 9.58. The molecule has 0 aliphatic rings. The molecular weight excluding hydrogens is 248 g/mol. The minimum Gasteiger partial charge on any atom is -0.434 e. The number of benzene rings is 1. The van der Waals surface area contributed by atoms with Crippen LogP contribution in [0.1, 0.15) is 11.3 Å². The number of rotatable bonds is 4. The molecule has 0 atom stereocenters.